The standard InChI is InChI=1S/C17H21N4O6P/c18-15-6-7-21(17(24)19-15)9-13-10-27-28(25,11-26-13)20-14(16(22)23)8-12-4-2-1-3-5-12/h1-7,13-14H,8-11H2,(H,20,25)(H,22,23)(H2,18,19,24)/t13-,14-,28?/m0/s1. The van der Waals surface area contributed by atoms with E-state index >= 15 is 0 Å². The van der Waals surface area contributed by atoms with Crippen molar-refractivity contribution in [3.8, 4) is 0 Å². The first-order valence-electron chi connectivity index (χ1n) is 8.57. The van der Waals surface area contributed by atoms with E-state index in [2.05, 4.69) is 10.1 Å². The highest BCUT2D eigenvalue weighted by Crippen LogP contribution is 2.46. The summed E-state index contributed by atoms with van der Waals surface area (Å²) in [5.41, 5.74) is 5.72. The van der Waals surface area contributed by atoms with Crippen molar-refractivity contribution in [1.82, 2.24) is 14.6 Å². The van der Waals surface area contributed by atoms with E-state index < -0.39 is 31.3 Å². The molecule has 1 aromatic heterocycles. The Morgan fingerprint density at radius 3 is 2.75 bits per heavy atom. The molecule has 1 aromatic carbocycles. The molecular formula is C17H21N4O6P. The van der Waals surface area contributed by atoms with Gasteiger partial charge in [0.05, 0.1) is 13.2 Å². The number of aromatic nitrogens is 2. The van der Waals surface area contributed by atoms with E-state index in [-0.39, 0.29) is 31.7 Å². The average Bonchev–Trinajstić information content (AvgIpc) is 2.66. The third kappa shape index (κ3) is 5.26. The van der Waals surface area contributed by atoms with E-state index in [0.717, 1.165) is 5.56 Å². The molecule has 1 fully saturated rings. The quantitative estimate of drug-likeness (QED) is 0.563. The molecule has 0 aliphatic carbocycles. The molecule has 150 valence electrons. The number of nitrogen functional groups attached to an aromatic ring is 1. The monoisotopic (exact) mass is 408 g/mol. The molecule has 1 aliphatic heterocycles. The van der Waals surface area contributed by atoms with Crippen LogP contribution in [-0.4, -0.2) is 45.7 Å². The van der Waals surface area contributed by atoms with Gasteiger partial charge in [-0.3, -0.25) is 13.9 Å². The molecule has 2 heterocycles. The Morgan fingerprint density at radius 2 is 2.14 bits per heavy atom. The second-order valence-electron chi connectivity index (χ2n) is 6.38. The number of nitrogens with two attached hydrogens (primary N) is 1. The SMILES string of the molecule is Nc1ccn(C[C@H]2COP(=O)(N[C@@H](Cc3ccccc3)C(=O)O)CO2)c(=O)n1. The average molecular weight is 408 g/mol. The summed E-state index contributed by atoms with van der Waals surface area (Å²) in [4.78, 5) is 27.0. The Hall–Kier alpha value is -2.52. The van der Waals surface area contributed by atoms with E-state index in [1.807, 2.05) is 6.07 Å². The fourth-order valence-electron chi connectivity index (χ4n) is 2.75. The van der Waals surface area contributed by atoms with Crippen LogP contribution in [-0.2, 0) is 31.6 Å². The van der Waals surface area contributed by atoms with Crippen LogP contribution >= 0.6 is 7.52 Å². The van der Waals surface area contributed by atoms with Gasteiger partial charge < -0.3 is 20.1 Å². The molecule has 28 heavy (non-hydrogen) atoms. The lowest BCUT2D eigenvalue weighted by molar-refractivity contribution is -0.139. The summed E-state index contributed by atoms with van der Waals surface area (Å²) >= 11 is 0. The van der Waals surface area contributed by atoms with Crippen molar-refractivity contribution in [3.63, 3.8) is 0 Å². The number of nitrogens with zero attached hydrogens (tertiary/aromatic N) is 2. The van der Waals surface area contributed by atoms with E-state index in [4.69, 9.17) is 15.0 Å². The van der Waals surface area contributed by atoms with Crippen LogP contribution in [0.5, 0.6) is 0 Å². The Balaban J connectivity index is 1.59. The summed E-state index contributed by atoms with van der Waals surface area (Å²) in [6.07, 6.45) is 0.817. The topological polar surface area (TPSA) is 146 Å². The number of carboxylic acids is 1. The second-order valence-corrected chi connectivity index (χ2v) is 8.51. The Kier molecular flexibility index (Phi) is 6.25. The van der Waals surface area contributed by atoms with Gasteiger partial charge in [0, 0.05) is 6.20 Å². The molecule has 10 nitrogen and oxygen atoms in total. The maximum absolute atomic E-state index is 12.8. The van der Waals surface area contributed by atoms with Crippen LogP contribution in [0.3, 0.4) is 0 Å². The van der Waals surface area contributed by atoms with Crippen molar-refractivity contribution in [2.24, 2.45) is 0 Å². The minimum atomic E-state index is -3.50. The number of benzene rings is 1. The first kappa shape index (κ1) is 20.2. The first-order chi connectivity index (χ1) is 13.3. The van der Waals surface area contributed by atoms with E-state index in [1.165, 1.54) is 16.8 Å². The van der Waals surface area contributed by atoms with Gasteiger partial charge in [0.1, 0.15) is 24.3 Å². The highest BCUT2D eigenvalue weighted by Gasteiger charge is 2.36. The molecule has 1 saturated heterocycles. The lowest BCUT2D eigenvalue weighted by Gasteiger charge is -2.31. The van der Waals surface area contributed by atoms with E-state index in [0.29, 0.717) is 0 Å². The molecule has 3 rings (SSSR count). The normalized spacial score (nSPS) is 23.2. The second kappa shape index (κ2) is 8.66. The molecule has 0 spiro atoms. The van der Waals surface area contributed by atoms with Crippen LogP contribution in [0.15, 0.2) is 47.4 Å². The third-order valence-corrected chi connectivity index (χ3v) is 5.94. The summed E-state index contributed by atoms with van der Waals surface area (Å²) in [5.74, 6) is -1.02. The number of hydrogen-bond acceptors (Lipinski definition) is 7. The van der Waals surface area contributed by atoms with Crippen LogP contribution in [0, 0.1) is 0 Å². The maximum Gasteiger partial charge on any atom is 0.349 e. The van der Waals surface area contributed by atoms with Gasteiger partial charge in [-0.15, -0.1) is 0 Å². The third-order valence-electron chi connectivity index (χ3n) is 4.18. The zero-order chi connectivity index (χ0) is 20.1. The van der Waals surface area contributed by atoms with Gasteiger partial charge in [0.25, 0.3) is 7.52 Å². The number of hydrogen-bond donors (Lipinski definition) is 3. The number of carbonyl (C=O) groups is 1. The Bertz CT molecular complexity index is 923. The number of ether oxygens (including phenoxy) is 1. The molecule has 1 aliphatic rings. The van der Waals surface area contributed by atoms with Gasteiger partial charge in [-0.25, -0.2) is 9.88 Å². The van der Waals surface area contributed by atoms with Gasteiger partial charge in [-0.05, 0) is 18.1 Å². The van der Waals surface area contributed by atoms with Crippen LogP contribution in [0.4, 0.5) is 5.82 Å². The van der Waals surface area contributed by atoms with Crippen molar-refractivity contribution < 1.29 is 23.7 Å². The molecule has 0 bridgehead atoms. The molecular weight excluding hydrogens is 387 g/mol. The van der Waals surface area contributed by atoms with Crippen molar-refractivity contribution in [1.29, 1.82) is 0 Å². The molecule has 1 unspecified atom stereocenters. The maximum atomic E-state index is 12.8. The molecule has 0 saturated carbocycles. The van der Waals surface area contributed by atoms with E-state index in [1.54, 1.807) is 24.3 Å². The lowest BCUT2D eigenvalue weighted by atomic mass is 10.1. The minimum absolute atomic E-state index is 0.0568. The molecule has 2 aromatic rings. The number of aliphatic carboxylic acids is 1. The van der Waals surface area contributed by atoms with Crippen molar-refractivity contribution in [3.05, 3.63) is 58.6 Å². The highest BCUT2D eigenvalue weighted by atomic mass is 31.2. The Labute approximate surface area is 160 Å². The van der Waals surface area contributed by atoms with Gasteiger partial charge in [-0.2, -0.15) is 4.98 Å². The highest BCUT2D eigenvalue weighted by molar-refractivity contribution is 7.56. The summed E-state index contributed by atoms with van der Waals surface area (Å²) in [6, 6.07) is 9.41. The van der Waals surface area contributed by atoms with Crippen molar-refractivity contribution >= 4 is 19.3 Å². The van der Waals surface area contributed by atoms with Crippen molar-refractivity contribution in [2.75, 3.05) is 18.7 Å². The summed E-state index contributed by atoms with van der Waals surface area (Å²) in [7, 11) is -3.50. The fourth-order valence-corrected chi connectivity index (χ4v) is 4.46. The van der Waals surface area contributed by atoms with Gasteiger partial charge in [-0.1, -0.05) is 30.3 Å². The molecule has 0 radical (unpaired) electrons. The predicted molar refractivity (Wildman–Crippen MR) is 101 cm³/mol. The number of rotatable bonds is 7. The van der Waals surface area contributed by atoms with Crippen LogP contribution in [0.2, 0.25) is 0 Å². The molecule has 4 N–H and O–H groups in total. The minimum Gasteiger partial charge on any atom is -0.480 e. The molecule has 0 amide bonds. The number of anilines is 1. The van der Waals surface area contributed by atoms with E-state index in [9.17, 15) is 19.3 Å². The van der Waals surface area contributed by atoms with Gasteiger partial charge in [0.15, 0.2) is 0 Å². The fraction of sp³-hybridized carbons (Fsp3) is 0.353. The largest absolute Gasteiger partial charge is 0.480 e. The summed E-state index contributed by atoms with van der Waals surface area (Å²) in [6.45, 7) is 0.0945. The smallest absolute Gasteiger partial charge is 0.349 e. The first-order valence-corrected chi connectivity index (χ1v) is 10.4. The zero-order valence-electron chi connectivity index (χ0n) is 14.9. The summed E-state index contributed by atoms with van der Waals surface area (Å²) in [5, 5.41) is 12.0. The molecule has 11 heteroatoms. The van der Waals surface area contributed by atoms with Gasteiger partial charge >= 0.3 is 11.7 Å². The number of nitrogens with one attached hydrogen (secondary N) is 1. The molecule has 3 atom stereocenters. The van der Waals surface area contributed by atoms with Crippen LogP contribution in [0.1, 0.15) is 5.56 Å². The zero-order valence-corrected chi connectivity index (χ0v) is 15.8. The van der Waals surface area contributed by atoms with Crippen molar-refractivity contribution in [2.45, 2.75) is 25.1 Å². The van der Waals surface area contributed by atoms with Gasteiger partial charge in [0.2, 0.25) is 0 Å². The van der Waals surface area contributed by atoms with Crippen LogP contribution in [0.25, 0.3) is 0 Å². The predicted octanol–water partition coefficient (Wildman–Crippen LogP) is 0.677. The summed E-state index contributed by atoms with van der Waals surface area (Å²) < 4.78 is 25.1. The number of carboxylic acid groups (broad SMARTS) is 1. The van der Waals surface area contributed by atoms with Crippen LogP contribution < -0.4 is 16.5 Å². The Morgan fingerprint density at radius 1 is 1.39 bits per heavy atom. The lowest BCUT2D eigenvalue weighted by Crippen LogP contribution is -2.41.